The molecule has 0 atom stereocenters. The Labute approximate surface area is 313 Å². The number of nitrogens with one attached hydrogen (secondary N) is 3. The average Bonchev–Trinajstić information content (AvgIpc) is 3.11. The van der Waals surface area contributed by atoms with Crippen LogP contribution < -0.4 is 16.0 Å². The Balaban J connectivity index is 0. The lowest BCUT2D eigenvalue weighted by Crippen LogP contribution is -2.70. The van der Waals surface area contributed by atoms with E-state index in [1.54, 1.807) is 7.05 Å². The first-order valence-corrected chi connectivity index (χ1v) is 21.7. The SMILES string of the molecule is CCCCCCCC/C=C\CCCCCCCC(=O)NC(CO)(NC)NC(=O)CCCCCCC/C=C\CCCCCCCC.COS(=O)(=O)O. The van der Waals surface area contributed by atoms with Gasteiger partial charge in [-0.05, 0) is 71.3 Å². The molecule has 0 aliphatic carbocycles. The number of aliphatic hydroxyl groups is 1. The summed E-state index contributed by atoms with van der Waals surface area (Å²) in [5.74, 6) is -1.62. The predicted molar refractivity (Wildman–Crippen MR) is 213 cm³/mol. The summed E-state index contributed by atoms with van der Waals surface area (Å²) >= 11 is 0. The highest BCUT2D eigenvalue weighted by atomic mass is 32.3. The van der Waals surface area contributed by atoms with Crippen molar-refractivity contribution in [1.29, 1.82) is 0 Å². The number of aliphatic hydroxyl groups excluding tert-OH is 1. The molecule has 0 aliphatic heterocycles. The Morgan fingerprint density at radius 3 is 1.10 bits per heavy atom. The number of likely N-dealkylation sites (N-methyl/N-ethyl adjacent to an activating group) is 1. The highest BCUT2D eigenvalue weighted by molar-refractivity contribution is 7.80. The van der Waals surface area contributed by atoms with Crippen LogP contribution in [0, 0.1) is 0 Å². The van der Waals surface area contributed by atoms with Gasteiger partial charge < -0.3 is 15.7 Å². The van der Waals surface area contributed by atoms with Gasteiger partial charge in [0.25, 0.3) is 0 Å². The van der Waals surface area contributed by atoms with Crippen LogP contribution in [0.4, 0.5) is 0 Å². The number of hydrogen-bond acceptors (Lipinski definition) is 7. The van der Waals surface area contributed by atoms with Crippen molar-refractivity contribution < 1.29 is 31.8 Å². The number of carbonyl (C=O) groups is 2. The molecule has 0 rings (SSSR count). The lowest BCUT2D eigenvalue weighted by molar-refractivity contribution is -0.129. The first-order valence-electron chi connectivity index (χ1n) is 20.3. The van der Waals surface area contributed by atoms with Crippen LogP contribution in [0.15, 0.2) is 24.3 Å². The van der Waals surface area contributed by atoms with E-state index in [9.17, 15) is 23.1 Å². The lowest BCUT2D eigenvalue weighted by atomic mass is 10.1. The van der Waals surface area contributed by atoms with Crippen molar-refractivity contribution in [2.24, 2.45) is 0 Å². The first kappa shape index (κ1) is 51.3. The Kier molecular flexibility index (Phi) is 38.2. The highest BCUT2D eigenvalue weighted by Gasteiger charge is 2.30. The Bertz CT molecular complexity index is 898. The number of hydrogen-bond donors (Lipinski definition) is 5. The third-order valence-corrected chi connectivity index (χ3v) is 9.33. The van der Waals surface area contributed by atoms with Crippen molar-refractivity contribution in [3.63, 3.8) is 0 Å². The molecule has 0 fully saturated rings. The van der Waals surface area contributed by atoms with E-state index in [1.165, 1.54) is 116 Å². The minimum atomic E-state index is -4.16. The van der Waals surface area contributed by atoms with E-state index in [-0.39, 0.29) is 11.8 Å². The van der Waals surface area contributed by atoms with Crippen LogP contribution in [0.1, 0.15) is 194 Å². The minimum Gasteiger partial charge on any atom is -0.390 e. The number of carbonyl (C=O) groups excluding carboxylic acids is 2. The molecular formula is C40H79N3O7S. The Morgan fingerprint density at radius 2 is 0.843 bits per heavy atom. The standard InChI is InChI=1S/C39H75N3O3.CH4O4S/c1-4-6-8-10-12-14-16-18-20-22-24-26-28-30-32-34-37(44)41-39(36-43,40-3)42-38(45)35-33-31-29-27-25-23-21-19-17-15-13-11-9-7-5-2;1-5-6(2,3)4/h18-21,40,43H,4-17,22-36H2,1-3H3,(H,41,44)(H,42,45);1H3,(H,2,3,4)/b20-18-,21-19-;. The van der Waals surface area contributed by atoms with Crippen molar-refractivity contribution in [2.45, 2.75) is 199 Å². The molecule has 0 aliphatic rings. The van der Waals surface area contributed by atoms with Gasteiger partial charge in [-0.3, -0.25) is 23.6 Å². The van der Waals surface area contributed by atoms with E-state index in [0.29, 0.717) is 12.8 Å². The average molecular weight is 746 g/mol. The molecular weight excluding hydrogens is 667 g/mol. The van der Waals surface area contributed by atoms with Crippen LogP contribution in [-0.2, 0) is 24.2 Å². The second kappa shape index (κ2) is 38.0. The van der Waals surface area contributed by atoms with Crippen LogP contribution in [0.25, 0.3) is 0 Å². The van der Waals surface area contributed by atoms with Gasteiger partial charge in [0.15, 0.2) is 5.79 Å². The highest BCUT2D eigenvalue weighted by Crippen LogP contribution is 2.12. The third-order valence-electron chi connectivity index (χ3n) is 8.91. The van der Waals surface area contributed by atoms with Crippen LogP contribution in [0.5, 0.6) is 0 Å². The summed E-state index contributed by atoms with van der Waals surface area (Å²) in [4.78, 5) is 25.1. The summed E-state index contributed by atoms with van der Waals surface area (Å²) in [6.45, 7) is 4.12. The summed E-state index contributed by atoms with van der Waals surface area (Å²) in [7, 11) is -1.65. The zero-order valence-corrected chi connectivity index (χ0v) is 34.0. The van der Waals surface area contributed by atoms with Crippen molar-refractivity contribution in [3.8, 4) is 0 Å². The minimum absolute atomic E-state index is 0.155. The van der Waals surface area contributed by atoms with Gasteiger partial charge in [-0.25, -0.2) is 0 Å². The van der Waals surface area contributed by atoms with Crippen molar-refractivity contribution in [2.75, 3.05) is 20.8 Å². The molecule has 51 heavy (non-hydrogen) atoms. The van der Waals surface area contributed by atoms with Gasteiger partial charge in [-0.2, -0.15) is 8.42 Å². The largest absolute Gasteiger partial charge is 0.397 e. The maximum absolute atomic E-state index is 12.6. The van der Waals surface area contributed by atoms with E-state index >= 15 is 0 Å². The van der Waals surface area contributed by atoms with E-state index in [2.05, 4.69) is 58.3 Å². The number of rotatable bonds is 35. The molecule has 2 amide bonds. The molecule has 5 N–H and O–H groups in total. The number of unbranched alkanes of at least 4 members (excludes halogenated alkanes) is 22. The fourth-order valence-corrected chi connectivity index (χ4v) is 5.63. The molecule has 0 aromatic rings. The summed E-state index contributed by atoms with van der Waals surface area (Å²) in [5, 5.41) is 18.5. The number of allylic oxidation sites excluding steroid dienone is 4. The lowest BCUT2D eigenvalue weighted by Gasteiger charge is -2.33. The first-order chi connectivity index (χ1) is 24.6. The van der Waals surface area contributed by atoms with Crippen LogP contribution >= 0.6 is 0 Å². The van der Waals surface area contributed by atoms with Gasteiger partial charge in [0.1, 0.15) is 0 Å². The van der Waals surface area contributed by atoms with Gasteiger partial charge in [-0.1, -0.05) is 141 Å². The Morgan fingerprint density at radius 1 is 0.569 bits per heavy atom. The topological polar surface area (TPSA) is 154 Å². The van der Waals surface area contributed by atoms with E-state index in [0.717, 1.165) is 58.5 Å². The van der Waals surface area contributed by atoms with E-state index in [4.69, 9.17) is 4.55 Å². The molecule has 302 valence electrons. The second-order valence-corrected chi connectivity index (χ2v) is 14.9. The molecule has 10 nitrogen and oxygen atoms in total. The number of amides is 2. The zero-order valence-electron chi connectivity index (χ0n) is 33.2. The molecule has 0 bridgehead atoms. The monoisotopic (exact) mass is 746 g/mol. The summed E-state index contributed by atoms with van der Waals surface area (Å²) < 4.78 is 29.7. The quantitative estimate of drug-likeness (QED) is 0.0186. The van der Waals surface area contributed by atoms with Crippen LogP contribution in [0.2, 0.25) is 0 Å². The Hall–Kier alpha value is -1.79. The van der Waals surface area contributed by atoms with Gasteiger partial charge in [0, 0.05) is 12.8 Å². The van der Waals surface area contributed by atoms with Crippen molar-refractivity contribution >= 4 is 22.2 Å². The molecule has 11 heteroatoms. The predicted octanol–water partition coefficient (Wildman–Crippen LogP) is 9.59. The van der Waals surface area contributed by atoms with Crippen LogP contribution in [0.3, 0.4) is 0 Å². The van der Waals surface area contributed by atoms with Gasteiger partial charge in [0.2, 0.25) is 11.8 Å². The molecule has 0 spiro atoms. The van der Waals surface area contributed by atoms with Crippen molar-refractivity contribution in [1.82, 2.24) is 16.0 Å². The summed E-state index contributed by atoms with van der Waals surface area (Å²) in [6, 6.07) is 0. The van der Waals surface area contributed by atoms with Crippen LogP contribution in [-0.4, -0.2) is 56.4 Å². The third kappa shape index (κ3) is 39.3. The fraction of sp³-hybridized carbons (Fsp3) is 0.850. The fourth-order valence-electron chi connectivity index (χ4n) is 5.63. The summed E-state index contributed by atoms with van der Waals surface area (Å²) in [5.41, 5.74) is 0. The normalized spacial score (nSPS) is 12.0. The molecule has 0 heterocycles. The molecule has 0 saturated carbocycles. The molecule has 0 radical (unpaired) electrons. The molecule has 0 unspecified atom stereocenters. The van der Waals surface area contributed by atoms with Gasteiger partial charge in [0.05, 0.1) is 13.7 Å². The smallest absolute Gasteiger partial charge is 0.390 e. The molecule has 0 saturated heterocycles. The second-order valence-electron chi connectivity index (χ2n) is 13.7. The van der Waals surface area contributed by atoms with Crippen molar-refractivity contribution in [3.05, 3.63) is 24.3 Å². The maximum Gasteiger partial charge on any atom is 0.397 e. The van der Waals surface area contributed by atoms with Gasteiger partial charge in [-0.15, -0.1) is 0 Å². The van der Waals surface area contributed by atoms with E-state index in [1.807, 2.05) is 0 Å². The summed E-state index contributed by atoms with van der Waals surface area (Å²) in [6.07, 6.45) is 41.8. The maximum atomic E-state index is 12.6. The molecule has 0 aromatic carbocycles. The molecule has 0 aromatic heterocycles. The van der Waals surface area contributed by atoms with Gasteiger partial charge >= 0.3 is 10.4 Å². The zero-order chi connectivity index (χ0) is 38.3. The van der Waals surface area contributed by atoms with E-state index < -0.39 is 22.8 Å².